The molecule has 134 valence electrons. The van der Waals surface area contributed by atoms with Crippen LogP contribution < -0.4 is 14.4 Å². The third-order valence-electron chi connectivity index (χ3n) is 3.43. The van der Waals surface area contributed by atoms with E-state index >= 15 is 0 Å². The van der Waals surface area contributed by atoms with E-state index in [1.54, 1.807) is 30.3 Å². The van der Waals surface area contributed by atoms with E-state index in [2.05, 4.69) is 5.32 Å². The standard InChI is InChI=1S/C17H19FN2O4S/c1-24-14-7-5-6-13(12-14)20(25(2,22)23)11-10-17(21)19-16-9-4-3-8-15(16)18/h3-9,12H,10-11H2,1-2H3,(H,19,21). The number of amides is 1. The summed E-state index contributed by atoms with van der Waals surface area (Å²) < 4.78 is 43.9. The summed E-state index contributed by atoms with van der Waals surface area (Å²) in [6, 6.07) is 12.3. The molecule has 0 atom stereocenters. The van der Waals surface area contributed by atoms with Crippen LogP contribution in [0, 0.1) is 5.82 Å². The first kappa shape index (κ1) is 18.7. The van der Waals surface area contributed by atoms with Crippen LogP contribution in [0.5, 0.6) is 5.75 Å². The molecule has 0 fully saturated rings. The topological polar surface area (TPSA) is 75.7 Å². The summed E-state index contributed by atoms with van der Waals surface area (Å²) in [5.41, 5.74) is 0.445. The molecule has 1 amide bonds. The molecule has 0 aliphatic carbocycles. The maximum Gasteiger partial charge on any atom is 0.232 e. The first-order chi connectivity index (χ1) is 11.8. The summed E-state index contributed by atoms with van der Waals surface area (Å²) in [5.74, 6) is -0.535. The van der Waals surface area contributed by atoms with Crippen LogP contribution in [-0.2, 0) is 14.8 Å². The summed E-state index contributed by atoms with van der Waals surface area (Å²) in [6.07, 6.45) is 0.930. The average Bonchev–Trinajstić information content (AvgIpc) is 2.56. The van der Waals surface area contributed by atoms with E-state index in [0.29, 0.717) is 11.4 Å². The van der Waals surface area contributed by atoms with E-state index in [4.69, 9.17) is 4.74 Å². The van der Waals surface area contributed by atoms with Crippen molar-refractivity contribution in [3.05, 3.63) is 54.3 Å². The Balaban J connectivity index is 2.10. The first-order valence-electron chi connectivity index (χ1n) is 7.47. The van der Waals surface area contributed by atoms with E-state index in [1.807, 2.05) is 0 Å². The molecule has 1 N–H and O–H groups in total. The summed E-state index contributed by atoms with van der Waals surface area (Å²) in [5, 5.41) is 2.43. The number of anilines is 2. The number of para-hydroxylation sites is 1. The number of halogens is 1. The second-order valence-corrected chi connectivity index (χ2v) is 7.22. The number of benzene rings is 2. The predicted octanol–water partition coefficient (Wildman–Crippen LogP) is 2.63. The van der Waals surface area contributed by atoms with Crippen molar-refractivity contribution in [2.45, 2.75) is 6.42 Å². The highest BCUT2D eigenvalue weighted by atomic mass is 32.2. The molecular weight excluding hydrogens is 347 g/mol. The number of carbonyl (C=O) groups excluding carboxylic acids is 1. The van der Waals surface area contributed by atoms with Gasteiger partial charge in [-0.15, -0.1) is 0 Å². The number of nitrogens with one attached hydrogen (secondary N) is 1. The van der Waals surface area contributed by atoms with E-state index in [-0.39, 0.29) is 18.7 Å². The Hall–Kier alpha value is -2.61. The molecule has 0 saturated carbocycles. The van der Waals surface area contributed by atoms with Crippen molar-refractivity contribution in [1.82, 2.24) is 0 Å². The van der Waals surface area contributed by atoms with Crippen molar-refractivity contribution in [3.63, 3.8) is 0 Å². The van der Waals surface area contributed by atoms with Crippen LogP contribution in [0.3, 0.4) is 0 Å². The zero-order chi connectivity index (χ0) is 18.4. The molecular formula is C17H19FN2O4S. The molecule has 0 bridgehead atoms. The zero-order valence-electron chi connectivity index (χ0n) is 13.9. The molecule has 0 radical (unpaired) electrons. The maximum atomic E-state index is 13.6. The van der Waals surface area contributed by atoms with Gasteiger partial charge in [0.15, 0.2) is 0 Å². The molecule has 0 saturated heterocycles. The second kappa shape index (κ2) is 7.98. The van der Waals surface area contributed by atoms with Gasteiger partial charge in [0.25, 0.3) is 0 Å². The molecule has 0 aliphatic rings. The summed E-state index contributed by atoms with van der Waals surface area (Å²) in [4.78, 5) is 12.0. The second-order valence-electron chi connectivity index (χ2n) is 5.31. The van der Waals surface area contributed by atoms with E-state index in [0.717, 1.165) is 10.6 Å². The van der Waals surface area contributed by atoms with Gasteiger partial charge in [-0.1, -0.05) is 18.2 Å². The molecule has 0 aliphatic heterocycles. The highest BCUT2D eigenvalue weighted by Crippen LogP contribution is 2.23. The Kier molecular flexibility index (Phi) is 5.97. The number of hydrogen-bond acceptors (Lipinski definition) is 4. The van der Waals surface area contributed by atoms with Crippen LogP contribution in [0.25, 0.3) is 0 Å². The van der Waals surface area contributed by atoms with Crippen LogP contribution in [0.2, 0.25) is 0 Å². The van der Waals surface area contributed by atoms with Crippen molar-refractivity contribution in [1.29, 1.82) is 0 Å². The minimum atomic E-state index is -3.60. The number of nitrogens with zero attached hydrogens (tertiary/aromatic N) is 1. The lowest BCUT2D eigenvalue weighted by Gasteiger charge is -2.22. The number of carbonyl (C=O) groups is 1. The van der Waals surface area contributed by atoms with Crippen LogP contribution in [0.1, 0.15) is 6.42 Å². The molecule has 25 heavy (non-hydrogen) atoms. The zero-order valence-corrected chi connectivity index (χ0v) is 14.7. The fourth-order valence-electron chi connectivity index (χ4n) is 2.23. The Morgan fingerprint density at radius 1 is 1.20 bits per heavy atom. The van der Waals surface area contributed by atoms with Gasteiger partial charge in [0, 0.05) is 19.0 Å². The largest absolute Gasteiger partial charge is 0.497 e. The van der Waals surface area contributed by atoms with Crippen LogP contribution in [0.15, 0.2) is 48.5 Å². The van der Waals surface area contributed by atoms with Gasteiger partial charge in [-0.2, -0.15) is 0 Å². The molecule has 0 spiro atoms. The van der Waals surface area contributed by atoms with Crippen LogP contribution in [0.4, 0.5) is 15.8 Å². The monoisotopic (exact) mass is 366 g/mol. The number of ether oxygens (including phenoxy) is 1. The van der Waals surface area contributed by atoms with E-state index in [1.165, 1.54) is 25.3 Å². The Morgan fingerprint density at radius 2 is 1.92 bits per heavy atom. The molecule has 2 aromatic rings. The molecule has 0 unspecified atom stereocenters. The molecule has 0 heterocycles. The fraction of sp³-hybridized carbons (Fsp3) is 0.235. The highest BCUT2D eigenvalue weighted by Gasteiger charge is 2.19. The smallest absolute Gasteiger partial charge is 0.232 e. The SMILES string of the molecule is COc1cccc(N(CCC(=O)Nc2ccccc2F)S(C)(=O)=O)c1. The lowest BCUT2D eigenvalue weighted by atomic mass is 10.2. The average molecular weight is 366 g/mol. The van der Waals surface area contributed by atoms with Crippen molar-refractivity contribution < 1.29 is 22.3 Å². The van der Waals surface area contributed by atoms with Crippen LogP contribution >= 0.6 is 0 Å². The van der Waals surface area contributed by atoms with Gasteiger partial charge in [-0.05, 0) is 24.3 Å². The fourth-order valence-corrected chi connectivity index (χ4v) is 3.15. The van der Waals surface area contributed by atoms with Gasteiger partial charge in [-0.25, -0.2) is 12.8 Å². The summed E-state index contributed by atoms with van der Waals surface area (Å²) in [7, 11) is -2.12. The Bertz CT molecular complexity index is 855. The van der Waals surface area contributed by atoms with Gasteiger partial charge in [-0.3, -0.25) is 9.10 Å². The summed E-state index contributed by atoms with van der Waals surface area (Å²) >= 11 is 0. The number of hydrogen-bond donors (Lipinski definition) is 1. The predicted molar refractivity (Wildman–Crippen MR) is 94.8 cm³/mol. The van der Waals surface area contributed by atoms with Gasteiger partial charge < -0.3 is 10.1 Å². The van der Waals surface area contributed by atoms with E-state index in [9.17, 15) is 17.6 Å². The lowest BCUT2D eigenvalue weighted by Crippen LogP contribution is -2.33. The minimum absolute atomic E-state index is 0.0554. The third kappa shape index (κ3) is 5.18. The maximum absolute atomic E-state index is 13.6. The molecule has 0 aromatic heterocycles. The van der Waals surface area contributed by atoms with Crippen LogP contribution in [-0.4, -0.2) is 34.2 Å². The molecule has 2 rings (SSSR count). The number of methoxy groups -OCH3 is 1. The molecule has 8 heteroatoms. The first-order valence-corrected chi connectivity index (χ1v) is 9.32. The van der Waals surface area contributed by atoms with Crippen molar-refractivity contribution >= 4 is 27.3 Å². The number of sulfonamides is 1. The van der Waals surface area contributed by atoms with Gasteiger partial charge in [0.1, 0.15) is 11.6 Å². The number of rotatable bonds is 7. The molecule has 6 nitrogen and oxygen atoms in total. The van der Waals surface area contributed by atoms with Gasteiger partial charge in [0.05, 0.1) is 24.7 Å². The summed E-state index contributed by atoms with van der Waals surface area (Å²) in [6.45, 7) is -0.0771. The minimum Gasteiger partial charge on any atom is -0.497 e. The van der Waals surface area contributed by atoms with Crippen molar-refractivity contribution in [2.24, 2.45) is 0 Å². The Labute approximate surface area is 146 Å². The quantitative estimate of drug-likeness (QED) is 0.817. The molecule has 2 aromatic carbocycles. The normalized spacial score (nSPS) is 11.0. The van der Waals surface area contributed by atoms with Gasteiger partial charge >= 0.3 is 0 Å². The van der Waals surface area contributed by atoms with Gasteiger partial charge in [0.2, 0.25) is 15.9 Å². The van der Waals surface area contributed by atoms with Crippen molar-refractivity contribution in [2.75, 3.05) is 29.5 Å². The highest BCUT2D eigenvalue weighted by molar-refractivity contribution is 7.92. The third-order valence-corrected chi connectivity index (χ3v) is 4.63. The van der Waals surface area contributed by atoms with E-state index < -0.39 is 21.7 Å². The van der Waals surface area contributed by atoms with Crippen molar-refractivity contribution in [3.8, 4) is 5.75 Å². The lowest BCUT2D eigenvalue weighted by molar-refractivity contribution is -0.116. The Morgan fingerprint density at radius 3 is 2.56 bits per heavy atom.